The van der Waals surface area contributed by atoms with Gasteiger partial charge in [0.25, 0.3) is 0 Å². The van der Waals surface area contributed by atoms with Crippen molar-refractivity contribution in [2.75, 3.05) is 13.6 Å². The van der Waals surface area contributed by atoms with Gasteiger partial charge in [0.05, 0.1) is 0 Å². The summed E-state index contributed by atoms with van der Waals surface area (Å²) in [5.41, 5.74) is 4.07. The number of hydrogen-bond donors (Lipinski definition) is 1. The second kappa shape index (κ2) is 7.25. The highest BCUT2D eigenvalue weighted by Gasteiger charge is 2.10. The summed E-state index contributed by atoms with van der Waals surface area (Å²) in [4.78, 5) is 0. The molecule has 3 heteroatoms. The highest BCUT2D eigenvalue weighted by molar-refractivity contribution is 5.21. The maximum Gasteiger partial charge on any atom is 0.0492 e. The zero-order chi connectivity index (χ0) is 14.4. The van der Waals surface area contributed by atoms with E-state index in [4.69, 9.17) is 0 Å². The van der Waals surface area contributed by atoms with Crippen LogP contribution in [-0.4, -0.2) is 23.4 Å². The van der Waals surface area contributed by atoms with Crippen LogP contribution in [0.25, 0.3) is 0 Å². The zero-order valence-corrected chi connectivity index (χ0v) is 12.8. The van der Waals surface area contributed by atoms with Gasteiger partial charge < -0.3 is 5.32 Å². The summed E-state index contributed by atoms with van der Waals surface area (Å²) >= 11 is 0. The standard InChI is InChI=1S/C17H25N3/c1-14-4-6-15(7-5-14)12-16(13-18-2)8-9-17-10-11-19-20(17)3/h4-7,10-11,16,18H,8-9,12-13H2,1-3H3. The van der Waals surface area contributed by atoms with E-state index >= 15 is 0 Å². The molecule has 2 rings (SSSR count). The lowest BCUT2D eigenvalue weighted by Gasteiger charge is -2.17. The summed E-state index contributed by atoms with van der Waals surface area (Å²) in [6, 6.07) is 11.0. The lowest BCUT2D eigenvalue weighted by Crippen LogP contribution is -2.21. The van der Waals surface area contributed by atoms with Crippen LogP contribution in [0.1, 0.15) is 23.2 Å². The third-order valence-corrected chi connectivity index (χ3v) is 3.87. The molecule has 2 aromatic rings. The molecule has 0 aliphatic heterocycles. The van der Waals surface area contributed by atoms with E-state index in [1.54, 1.807) is 0 Å². The average Bonchev–Trinajstić information content (AvgIpc) is 2.84. The second-order valence-electron chi connectivity index (χ2n) is 5.60. The Labute approximate surface area is 122 Å². The Balaban J connectivity index is 1.93. The van der Waals surface area contributed by atoms with Gasteiger partial charge in [-0.15, -0.1) is 0 Å². The van der Waals surface area contributed by atoms with Crippen LogP contribution in [0.2, 0.25) is 0 Å². The lowest BCUT2D eigenvalue weighted by atomic mass is 9.93. The fourth-order valence-corrected chi connectivity index (χ4v) is 2.62. The van der Waals surface area contributed by atoms with Crippen molar-refractivity contribution >= 4 is 0 Å². The number of nitrogens with one attached hydrogen (secondary N) is 1. The highest BCUT2D eigenvalue weighted by atomic mass is 15.2. The van der Waals surface area contributed by atoms with E-state index in [1.165, 1.54) is 23.2 Å². The molecule has 1 aromatic heterocycles. The van der Waals surface area contributed by atoms with Gasteiger partial charge in [-0.1, -0.05) is 29.8 Å². The quantitative estimate of drug-likeness (QED) is 0.839. The molecule has 1 atom stereocenters. The molecule has 0 fully saturated rings. The highest BCUT2D eigenvalue weighted by Crippen LogP contribution is 2.15. The number of rotatable bonds is 7. The fourth-order valence-electron chi connectivity index (χ4n) is 2.62. The molecule has 1 aromatic carbocycles. The number of aryl methyl sites for hydroxylation is 3. The normalized spacial score (nSPS) is 12.6. The Hall–Kier alpha value is -1.61. The van der Waals surface area contributed by atoms with Crippen LogP contribution in [0.5, 0.6) is 0 Å². The first kappa shape index (κ1) is 14.8. The molecule has 3 nitrogen and oxygen atoms in total. The van der Waals surface area contributed by atoms with Gasteiger partial charge in [0, 0.05) is 18.9 Å². The van der Waals surface area contributed by atoms with Crippen molar-refractivity contribution in [1.82, 2.24) is 15.1 Å². The second-order valence-corrected chi connectivity index (χ2v) is 5.60. The van der Waals surface area contributed by atoms with Crippen molar-refractivity contribution in [3.63, 3.8) is 0 Å². The van der Waals surface area contributed by atoms with E-state index in [1.807, 2.05) is 25.0 Å². The maximum absolute atomic E-state index is 4.24. The van der Waals surface area contributed by atoms with Gasteiger partial charge in [0.1, 0.15) is 0 Å². The number of hydrogen-bond acceptors (Lipinski definition) is 2. The van der Waals surface area contributed by atoms with Crippen LogP contribution >= 0.6 is 0 Å². The molecule has 0 bridgehead atoms. The summed E-state index contributed by atoms with van der Waals surface area (Å²) in [6.07, 6.45) is 5.30. The molecule has 20 heavy (non-hydrogen) atoms. The molecule has 1 unspecified atom stereocenters. The fraction of sp³-hybridized carbons (Fsp3) is 0.471. The Morgan fingerprint density at radius 2 is 1.95 bits per heavy atom. The van der Waals surface area contributed by atoms with Gasteiger partial charge in [0.15, 0.2) is 0 Å². The molecular weight excluding hydrogens is 246 g/mol. The molecular formula is C17H25N3. The lowest BCUT2D eigenvalue weighted by molar-refractivity contribution is 0.454. The van der Waals surface area contributed by atoms with Crippen LogP contribution in [0, 0.1) is 12.8 Å². The zero-order valence-electron chi connectivity index (χ0n) is 12.8. The van der Waals surface area contributed by atoms with Crippen molar-refractivity contribution in [1.29, 1.82) is 0 Å². The van der Waals surface area contributed by atoms with E-state index in [-0.39, 0.29) is 0 Å². The number of benzene rings is 1. The molecule has 0 spiro atoms. The van der Waals surface area contributed by atoms with Crippen molar-refractivity contribution in [3.8, 4) is 0 Å². The smallest absolute Gasteiger partial charge is 0.0492 e. The molecule has 0 aliphatic carbocycles. The Kier molecular flexibility index (Phi) is 5.36. The molecule has 0 radical (unpaired) electrons. The minimum Gasteiger partial charge on any atom is -0.319 e. The van der Waals surface area contributed by atoms with Gasteiger partial charge >= 0.3 is 0 Å². The largest absolute Gasteiger partial charge is 0.319 e. The molecule has 1 heterocycles. The van der Waals surface area contributed by atoms with Crippen molar-refractivity contribution in [2.24, 2.45) is 13.0 Å². The van der Waals surface area contributed by atoms with E-state index in [2.05, 4.69) is 47.7 Å². The van der Waals surface area contributed by atoms with E-state index in [0.717, 1.165) is 19.4 Å². The van der Waals surface area contributed by atoms with Gasteiger partial charge in [-0.25, -0.2) is 0 Å². The molecule has 108 valence electrons. The first-order chi connectivity index (χ1) is 9.69. The van der Waals surface area contributed by atoms with Crippen LogP contribution in [0.4, 0.5) is 0 Å². The van der Waals surface area contributed by atoms with Gasteiger partial charge in [-0.05, 0) is 57.3 Å². The summed E-state index contributed by atoms with van der Waals surface area (Å²) in [6.45, 7) is 3.20. The van der Waals surface area contributed by atoms with Crippen LogP contribution in [-0.2, 0) is 19.9 Å². The third-order valence-electron chi connectivity index (χ3n) is 3.87. The summed E-state index contributed by atoms with van der Waals surface area (Å²) in [5, 5.41) is 7.56. The van der Waals surface area contributed by atoms with E-state index in [0.29, 0.717) is 5.92 Å². The minimum absolute atomic E-state index is 0.664. The van der Waals surface area contributed by atoms with E-state index in [9.17, 15) is 0 Å². The molecule has 1 N–H and O–H groups in total. The first-order valence-corrected chi connectivity index (χ1v) is 7.36. The molecule has 0 aliphatic rings. The summed E-state index contributed by atoms with van der Waals surface area (Å²) in [7, 11) is 4.05. The van der Waals surface area contributed by atoms with Gasteiger partial charge in [0.2, 0.25) is 0 Å². The average molecular weight is 271 g/mol. The van der Waals surface area contributed by atoms with Crippen LogP contribution in [0.3, 0.4) is 0 Å². The Morgan fingerprint density at radius 3 is 2.55 bits per heavy atom. The third kappa shape index (κ3) is 4.20. The van der Waals surface area contributed by atoms with Crippen molar-refractivity contribution < 1.29 is 0 Å². The topological polar surface area (TPSA) is 29.9 Å². The molecule has 0 amide bonds. The number of nitrogens with zero attached hydrogens (tertiary/aromatic N) is 2. The predicted octanol–water partition coefficient (Wildman–Crippen LogP) is 2.74. The van der Waals surface area contributed by atoms with Gasteiger partial charge in [-0.2, -0.15) is 5.10 Å². The SMILES string of the molecule is CNCC(CCc1ccnn1C)Cc1ccc(C)cc1. The minimum atomic E-state index is 0.664. The van der Waals surface area contributed by atoms with Crippen LogP contribution < -0.4 is 5.32 Å². The predicted molar refractivity (Wildman–Crippen MR) is 83.8 cm³/mol. The summed E-state index contributed by atoms with van der Waals surface area (Å²) in [5.74, 6) is 0.664. The monoisotopic (exact) mass is 271 g/mol. The van der Waals surface area contributed by atoms with Crippen molar-refractivity contribution in [2.45, 2.75) is 26.2 Å². The van der Waals surface area contributed by atoms with Gasteiger partial charge in [-0.3, -0.25) is 4.68 Å². The first-order valence-electron chi connectivity index (χ1n) is 7.36. The molecule has 0 saturated carbocycles. The summed E-state index contributed by atoms with van der Waals surface area (Å²) < 4.78 is 1.97. The Bertz CT molecular complexity index is 513. The Morgan fingerprint density at radius 1 is 1.20 bits per heavy atom. The van der Waals surface area contributed by atoms with E-state index < -0.39 is 0 Å². The molecule has 0 saturated heterocycles. The van der Waals surface area contributed by atoms with Crippen molar-refractivity contribution in [3.05, 3.63) is 53.3 Å². The maximum atomic E-state index is 4.24. The van der Waals surface area contributed by atoms with Crippen LogP contribution in [0.15, 0.2) is 36.5 Å². The number of aromatic nitrogens is 2.